The van der Waals surface area contributed by atoms with Gasteiger partial charge in [-0.15, -0.1) is 11.6 Å². The van der Waals surface area contributed by atoms with Crippen molar-refractivity contribution in [1.82, 2.24) is 0 Å². The molecule has 0 heterocycles. The van der Waals surface area contributed by atoms with Crippen molar-refractivity contribution in [1.29, 1.82) is 0 Å². The first-order valence-electron chi connectivity index (χ1n) is 5.58. The summed E-state index contributed by atoms with van der Waals surface area (Å²) in [6.07, 6.45) is 5.43. The minimum absolute atomic E-state index is 0.0117. The largest absolute Gasteiger partial charge is 0.113 e. The fourth-order valence-electron chi connectivity index (χ4n) is 3.17. The molecule has 1 aromatic rings. The first-order chi connectivity index (χ1) is 6.83. The van der Waals surface area contributed by atoms with Crippen LogP contribution in [-0.4, -0.2) is 0 Å². The maximum Gasteiger partial charge on any atom is 0.0757 e. The zero-order valence-electron chi connectivity index (χ0n) is 8.25. The molecule has 2 atom stereocenters. The minimum Gasteiger partial charge on any atom is -0.113 e. The van der Waals surface area contributed by atoms with Crippen molar-refractivity contribution in [3.8, 4) is 0 Å². The molecule has 0 N–H and O–H groups in total. The highest BCUT2D eigenvalue weighted by atomic mass is 35.5. The summed E-state index contributed by atoms with van der Waals surface area (Å²) in [5.41, 5.74) is 1.35. The van der Waals surface area contributed by atoms with Crippen LogP contribution in [-0.2, 0) is 4.87 Å². The molecule has 0 amide bonds. The number of benzene rings is 1. The predicted octanol–water partition coefficient (Wildman–Crippen LogP) is 3.94. The van der Waals surface area contributed by atoms with E-state index in [-0.39, 0.29) is 4.87 Å². The maximum atomic E-state index is 6.74. The third kappa shape index (κ3) is 1.07. The van der Waals surface area contributed by atoms with Crippen molar-refractivity contribution in [2.75, 3.05) is 0 Å². The van der Waals surface area contributed by atoms with Crippen LogP contribution in [0.25, 0.3) is 0 Å². The molecule has 0 aromatic heterocycles. The lowest BCUT2D eigenvalue weighted by Crippen LogP contribution is -2.01. The van der Waals surface area contributed by atoms with Gasteiger partial charge in [0.1, 0.15) is 0 Å². The van der Waals surface area contributed by atoms with E-state index in [0.717, 1.165) is 11.8 Å². The molecule has 1 aromatic carbocycles. The molecule has 1 heteroatoms. The third-order valence-electron chi connectivity index (χ3n) is 3.95. The highest BCUT2D eigenvalue weighted by Crippen LogP contribution is 2.68. The predicted molar refractivity (Wildman–Crippen MR) is 59.4 cm³/mol. The Labute approximate surface area is 90.3 Å². The van der Waals surface area contributed by atoms with Gasteiger partial charge in [0.15, 0.2) is 0 Å². The summed E-state index contributed by atoms with van der Waals surface area (Å²) in [5.74, 6) is 1.53. The molecule has 2 fully saturated rings. The van der Waals surface area contributed by atoms with E-state index < -0.39 is 0 Å². The normalized spacial score (nSPS) is 40.4. The Morgan fingerprint density at radius 3 is 2.14 bits per heavy atom. The van der Waals surface area contributed by atoms with Gasteiger partial charge in [-0.3, -0.25) is 0 Å². The summed E-state index contributed by atoms with van der Waals surface area (Å²) in [4.78, 5) is 0.0117. The second-order valence-electron chi connectivity index (χ2n) is 4.63. The van der Waals surface area contributed by atoms with Crippen molar-refractivity contribution in [2.45, 2.75) is 30.6 Å². The van der Waals surface area contributed by atoms with E-state index in [9.17, 15) is 0 Å². The molecule has 0 bridgehead atoms. The molecule has 14 heavy (non-hydrogen) atoms. The molecule has 0 unspecified atom stereocenters. The molecule has 2 aliphatic carbocycles. The molecular weight excluding hydrogens is 192 g/mol. The number of halogens is 1. The Hall–Kier alpha value is -0.490. The van der Waals surface area contributed by atoms with Gasteiger partial charge in [-0.1, -0.05) is 43.2 Å². The van der Waals surface area contributed by atoms with Crippen LogP contribution in [0, 0.1) is 11.8 Å². The molecule has 0 nitrogen and oxygen atoms in total. The van der Waals surface area contributed by atoms with E-state index in [1.165, 1.54) is 31.2 Å². The monoisotopic (exact) mass is 206 g/mol. The molecule has 0 radical (unpaired) electrons. The summed E-state index contributed by atoms with van der Waals surface area (Å²) < 4.78 is 0. The Bertz CT molecular complexity index is 318. The van der Waals surface area contributed by atoms with Crippen LogP contribution in [0.4, 0.5) is 0 Å². The number of hydrogen-bond acceptors (Lipinski definition) is 0. The molecule has 0 saturated heterocycles. The third-order valence-corrected chi connectivity index (χ3v) is 4.73. The summed E-state index contributed by atoms with van der Waals surface area (Å²) in [6, 6.07) is 10.6. The van der Waals surface area contributed by atoms with Gasteiger partial charge in [-0.25, -0.2) is 0 Å². The quantitative estimate of drug-likeness (QED) is 0.611. The highest BCUT2D eigenvalue weighted by molar-refractivity contribution is 6.26. The first-order valence-corrected chi connectivity index (χ1v) is 5.95. The van der Waals surface area contributed by atoms with Crippen molar-refractivity contribution in [2.24, 2.45) is 11.8 Å². The lowest BCUT2D eigenvalue weighted by Gasteiger charge is -2.08. The van der Waals surface area contributed by atoms with Crippen molar-refractivity contribution >= 4 is 11.6 Å². The minimum atomic E-state index is 0.0117. The smallest absolute Gasteiger partial charge is 0.0757 e. The molecule has 0 spiro atoms. The lowest BCUT2D eigenvalue weighted by atomic mass is 10.0. The molecule has 2 saturated carbocycles. The summed E-state index contributed by atoms with van der Waals surface area (Å²) >= 11 is 6.74. The number of fused-ring (bicyclic) bond motifs is 1. The first kappa shape index (κ1) is 8.79. The van der Waals surface area contributed by atoms with Gasteiger partial charge in [0.25, 0.3) is 0 Å². The van der Waals surface area contributed by atoms with Gasteiger partial charge in [0.05, 0.1) is 4.87 Å². The van der Waals surface area contributed by atoms with E-state index in [2.05, 4.69) is 30.3 Å². The van der Waals surface area contributed by atoms with Crippen LogP contribution in [0.2, 0.25) is 0 Å². The maximum absolute atomic E-state index is 6.74. The SMILES string of the molecule is ClC1(c2ccccc2)[C@H]2CCCC[C@@H]21. The van der Waals surface area contributed by atoms with Gasteiger partial charge >= 0.3 is 0 Å². The van der Waals surface area contributed by atoms with Crippen molar-refractivity contribution in [3.63, 3.8) is 0 Å². The van der Waals surface area contributed by atoms with Gasteiger partial charge in [-0.05, 0) is 30.2 Å². The Balaban J connectivity index is 1.92. The van der Waals surface area contributed by atoms with Crippen LogP contribution in [0.5, 0.6) is 0 Å². The van der Waals surface area contributed by atoms with Crippen LogP contribution >= 0.6 is 11.6 Å². The summed E-state index contributed by atoms with van der Waals surface area (Å²) in [7, 11) is 0. The fourth-order valence-corrected chi connectivity index (χ4v) is 3.76. The fraction of sp³-hybridized carbons (Fsp3) is 0.538. The van der Waals surface area contributed by atoms with Gasteiger partial charge in [0, 0.05) is 0 Å². The van der Waals surface area contributed by atoms with E-state index in [1.54, 1.807) is 0 Å². The molecule has 3 rings (SSSR count). The Morgan fingerprint density at radius 2 is 1.57 bits per heavy atom. The molecular formula is C13H15Cl. The topological polar surface area (TPSA) is 0 Å². The van der Waals surface area contributed by atoms with Crippen LogP contribution in [0.1, 0.15) is 31.2 Å². The lowest BCUT2D eigenvalue weighted by molar-refractivity contribution is 0.480. The number of rotatable bonds is 1. The molecule has 0 aliphatic heterocycles. The van der Waals surface area contributed by atoms with Crippen LogP contribution in [0.15, 0.2) is 30.3 Å². The summed E-state index contributed by atoms with van der Waals surface area (Å²) in [5, 5.41) is 0. The van der Waals surface area contributed by atoms with E-state index in [0.29, 0.717) is 0 Å². The van der Waals surface area contributed by atoms with Crippen LogP contribution in [0.3, 0.4) is 0 Å². The standard InChI is InChI=1S/C13H15Cl/c14-13(10-6-2-1-3-7-10)11-8-4-5-9-12(11)13/h1-3,6-7,11-12H,4-5,8-9H2/t11-,12-/m0/s1. The zero-order valence-corrected chi connectivity index (χ0v) is 9.00. The zero-order chi connectivity index (χ0) is 9.60. The number of alkyl halides is 1. The van der Waals surface area contributed by atoms with Gasteiger partial charge < -0.3 is 0 Å². The van der Waals surface area contributed by atoms with E-state index in [1.807, 2.05) is 0 Å². The summed E-state index contributed by atoms with van der Waals surface area (Å²) in [6.45, 7) is 0. The Kier molecular flexibility index (Phi) is 1.88. The van der Waals surface area contributed by atoms with Crippen molar-refractivity contribution < 1.29 is 0 Å². The average molecular weight is 207 g/mol. The van der Waals surface area contributed by atoms with E-state index >= 15 is 0 Å². The molecule has 2 aliphatic rings. The Morgan fingerprint density at radius 1 is 1.00 bits per heavy atom. The average Bonchev–Trinajstić information content (AvgIpc) is 2.89. The molecule has 74 valence electrons. The second-order valence-corrected chi connectivity index (χ2v) is 5.26. The highest BCUT2D eigenvalue weighted by Gasteiger charge is 2.64. The van der Waals surface area contributed by atoms with Gasteiger partial charge in [0.2, 0.25) is 0 Å². The second kappa shape index (κ2) is 3.00. The van der Waals surface area contributed by atoms with Gasteiger partial charge in [-0.2, -0.15) is 0 Å². The van der Waals surface area contributed by atoms with Crippen LogP contribution < -0.4 is 0 Å². The van der Waals surface area contributed by atoms with E-state index in [4.69, 9.17) is 11.6 Å². The van der Waals surface area contributed by atoms with Crippen molar-refractivity contribution in [3.05, 3.63) is 35.9 Å². The number of hydrogen-bond donors (Lipinski definition) is 0.